The number of amides is 1. The summed E-state index contributed by atoms with van der Waals surface area (Å²) in [6, 6.07) is 6.06. The first kappa shape index (κ1) is 19.6. The van der Waals surface area contributed by atoms with E-state index >= 15 is 0 Å². The molecule has 1 aromatic rings. The van der Waals surface area contributed by atoms with Crippen LogP contribution in [0.1, 0.15) is 24.8 Å². The molecule has 1 aromatic carbocycles. The second kappa shape index (κ2) is 8.98. The van der Waals surface area contributed by atoms with Crippen molar-refractivity contribution in [2.75, 3.05) is 13.2 Å². The number of nitrogens with one attached hydrogen (secondary N) is 2. The van der Waals surface area contributed by atoms with Crippen LogP contribution in [0.15, 0.2) is 24.3 Å². The number of piperidine rings is 1. The highest BCUT2D eigenvalue weighted by atomic mass is 35.5. The Morgan fingerprint density at radius 1 is 1.26 bits per heavy atom. The van der Waals surface area contributed by atoms with Crippen molar-refractivity contribution in [3.8, 4) is 5.75 Å². The Morgan fingerprint density at radius 2 is 1.96 bits per heavy atom. The minimum atomic E-state index is -4.35. The number of carbonyl (C=O) groups excluding carboxylic acids is 1. The summed E-state index contributed by atoms with van der Waals surface area (Å²) in [7, 11) is 0. The fourth-order valence-corrected chi connectivity index (χ4v) is 2.26. The van der Waals surface area contributed by atoms with Crippen molar-refractivity contribution in [2.24, 2.45) is 0 Å². The highest BCUT2D eigenvalue weighted by Crippen LogP contribution is 2.18. The maximum absolute atomic E-state index is 12.0. The number of ether oxygens (including phenoxy) is 1. The zero-order valence-electron chi connectivity index (χ0n) is 12.5. The van der Waals surface area contributed by atoms with Gasteiger partial charge in [0.25, 0.3) is 0 Å². The lowest BCUT2D eigenvalue weighted by atomic mass is 10.0. The number of halogens is 4. The van der Waals surface area contributed by atoms with Crippen LogP contribution in [0.2, 0.25) is 0 Å². The van der Waals surface area contributed by atoms with Crippen LogP contribution in [0.3, 0.4) is 0 Å². The number of hydrogen-bond acceptors (Lipinski definition) is 3. The molecule has 0 aliphatic carbocycles. The monoisotopic (exact) mass is 352 g/mol. The zero-order chi connectivity index (χ0) is 16.0. The van der Waals surface area contributed by atoms with E-state index in [2.05, 4.69) is 15.4 Å². The van der Waals surface area contributed by atoms with Gasteiger partial charge in [-0.2, -0.15) is 13.2 Å². The summed E-state index contributed by atoms with van der Waals surface area (Å²) in [5.74, 6) is 0.110. The van der Waals surface area contributed by atoms with Crippen molar-refractivity contribution in [3.05, 3.63) is 29.8 Å². The van der Waals surface area contributed by atoms with Gasteiger partial charge in [-0.05, 0) is 37.1 Å². The smallest absolute Gasteiger partial charge is 0.422 e. The predicted octanol–water partition coefficient (Wildman–Crippen LogP) is 2.81. The van der Waals surface area contributed by atoms with E-state index in [1.54, 1.807) is 12.1 Å². The lowest BCUT2D eigenvalue weighted by Gasteiger charge is -2.22. The Morgan fingerprint density at radius 3 is 2.52 bits per heavy atom. The van der Waals surface area contributed by atoms with E-state index in [1.165, 1.54) is 12.1 Å². The summed E-state index contributed by atoms with van der Waals surface area (Å²) in [5, 5.41) is 5.98. The summed E-state index contributed by atoms with van der Waals surface area (Å²) in [4.78, 5) is 11.9. The maximum Gasteiger partial charge on any atom is 0.422 e. The van der Waals surface area contributed by atoms with Crippen molar-refractivity contribution >= 4 is 18.3 Å². The summed E-state index contributed by atoms with van der Waals surface area (Å²) >= 11 is 0. The Labute approximate surface area is 139 Å². The van der Waals surface area contributed by atoms with Gasteiger partial charge in [0, 0.05) is 6.54 Å². The summed E-state index contributed by atoms with van der Waals surface area (Å²) in [6.07, 6.45) is -1.39. The van der Waals surface area contributed by atoms with Crippen molar-refractivity contribution in [1.82, 2.24) is 10.6 Å². The molecule has 0 spiro atoms. The summed E-state index contributed by atoms with van der Waals surface area (Å²) in [6.45, 7) is -0.115. The van der Waals surface area contributed by atoms with Crippen molar-refractivity contribution in [2.45, 2.75) is 38.0 Å². The van der Waals surface area contributed by atoms with Gasteiger partial charge in [-0.15, -0.1) is 12.4 Å². The van der Waals surface area contributed by atoms with Gasteiger partial charge in [-0.1, -0.05) is 18.6 Å². The lowest BCUT2D eigenvalue weighted by Crippen LogP contribution is -2.46. The first-order valence-corrected chi connectivity index (χ1v) is 7.24. The highest BCUT2D eigenvalue weighted by molar-refractivity contribution is 5.85. The van der Waals surface area contributed by atoms with Crippen LogP contribution in [0, 0.1) is 0 Å². The SMILES string of the molecule is Cl.O=C(NCc1ccc(OCC(F)(F)F)cc1)C1CCCCN1. The van der Waals surface area contributed by atoms with Crippen LogP contribution in [0.5, 0.6) is 5.75 Å². The van der Waals surface area contributed by atoms with Gasteiger partial charge in [0.2, 0.25) is 5.91 Å². The molecule has 130 valence electrons. The molecule has 1 heterocycles. The van der Waals surface area contributed by atoms with Gasteiger partial charge >= 0.3 is 6.18 Å². The highest BCUT2D eigenvalue weighted by Gasteiger charge is 2.28. The van der Waals surface area contributed by atoms with E-state index in [-0.39, 0.29) is 30.1 Å². The third kappa shape index (κ3) is 7.09. The van der Waals surface area contributed by atoms with Crippen LogP contribution < -0.4 is 15.4 Å². The molecule has 1 saturated heterocycles. The molecule has 1 unspecified atom stereocenters. The van der Waals surface area contributed by atoms with Crippen molar-refractivity contribution in [1.29, 1.82) is 0 Å². The second-order valence-corrected chi connectivity index (χ2v) is 5.27. The van der Waals surface area contributed by atoms with Crippen LogP contribution in [0.4, 0.5) is 13.2 Å². The van der Waals surface area contributed by atoms with E-state index in [4.69, 9.17) is 0 Å². The topological polar surface area (TPSA) is 50.4 Å². The molecule has 1 aliphatic rings. The molecule has 2 N–H and O–H groups in total. The van der Waals surface area contributed by atoms with E-state index in [1.807, 2.05) is 0 Å². The molecule has 0 radical (unpaired) electrons. The largest absolute Gasteiger partial charge is 0.484 e. The fourth-order valence-electron chi connectivity index (χ4n) is 2.26. The first-order valence-electron chi connectivity index (χ1n) is 7.24. The lowest BCUT2D eigenvalue weighted by molar-refractivity contribution is -0.153. The standard InChI is InChI=1S/C15H19F3N2O2.ClH/c16-15(17,18)10-22-12-6-4-11(5-7-12)9-20-14(21)13-3-1-2-8-19-13;/h4-7,13,19H,1-3,8-10H2,(H,20,21);1H. The van der Waals surface area contributed by atoms with Crippen LogP contribution in [-0.2, 0) is 11.3 Å². The number of alkyl halides is 3. The second-order valence-electron chi connectivity index (χ2n) is 5.27. The quantitative estimate of drug-likeness (QED) is 0.856. The number of rotatable bonds is 5. The first-order chi connectivity index (χ1) is 10.4. The molecule has 23 heavy (non-hydrogen) atoms. The normalized spacial score (nSPS) is 18.0. The van der Waals surface area contributed by atoms with Gasteiger partial charge < -0.3 is 15.4 Å². The molecule has 4 nitrogen and oxygen atoms in total. The van der Waals surface area contributed by atoms with E-state index < -0.39 is 12.8 Å². The molecule has 1 atom stereocenters. The van der Waals surface area contributed by atoms with Crippen LogP contribution in [-0.4, -0.2) is 31.3 Å². The molecular formula is C15H20ClF3N2O2. The number of carbonyl (C=O) groups is 1. The van der Waals surface area contributed by atoms with Crippen molar-refractivity contribution < 1.29 is 22.7 Å². The molecule has 1 fully saturated rings. The van der Waals surface area contributed by atoms with Crippen molar-refractivity contribution in [3.63, 3.8) is 0 Å². The zero-order valence-corrected chi connectivity index (χ0v) is 13.3. The maximum atomic E-state index is 12.0. The molecule has 8 heteroatoms. The van der Waals surface area contributed by atoms with Gasteiger partial charge in [-0.25, -0.2) is 0 Å². The van der Waals surface area contributed by atoms with Gasteiger partial charge in [0.15, 0.2) is 6.61 Å². The molecule has 1 amide bonds. The average Bonchev–Trinajstić information content (AvgIpc) is 2.52. The molecular weight excluding hydrogens is 333 g/mol. The van der Waals surface area contributed by atoms with Gasteiger partial charge in [0.05, 0.1) is 6.04 Å². The molecule has 0 bridgehead atoms. The molecule has 2 rings (SSSR count). The summed E-state index contributed by atoms with van der Waals surface area (Å²) in [5.41, 5.74) is 0.809. The van der Waals surface area contributed by atoms with Gasteiger partial charge in [0.1, 0.15) is 5.75 Å². The van der Waals surface area contributed by atoms with E-state index in [0.717, 1.165) is 31.4 Å². The molecule has 0 aromatic heterocycles. The van der Waals surface area contributed by atoms with Gasteiger partial charge in [-0.3, -0.25) is 4.79 Å². The van der Waals surface area contributed by atoms with Crippen LogP contribution in [0.25, 0.3) is 0 Å². The number of benzene rings is 1. The van der Waals surface area contributed by atoms with Crippen LogP contribution >= 0.6 is 12.4 Å². The number of hydrogen-bond donors (Lipinski definition) is 2. The Balaban J connectivity index is 0.00000264. The molecule has 0 saturated carbocycles. The minimum absolute atomic E-state index is 0. The summed E-state index contributed by atoms with van der Waals surface area (Å²) < 4.78 is 40.7. The Kier molecular flexibility index (Phi) is 7.64. The average molecular weight is 353 g/mol. The predicted molar refractivity (Wildman–Crippen MR) is 82.7 cm³/mol. The Hall–Kier alpha value is -1.47. The van der Waals surface area contributed by atoms with E-state index in [9.17, 15) is 18.0 Å². The minimum Gasteiger partial charge on any atom is -0.484 e. The third-order valence-corrected chi connectivity index (χ3v) is 3.42. The molecule has 1 aliphatic heterocycles. The Bertz CT molecular complexity index is 488. The fraction of sp³-hybridized carbons (Fsp3) is 0.533. The third-order valence-electron chi connectivity index (χ3n) is 3.42. The van der Waals surface area contributed by atoms with E-state index in [0.29, 0.717) is 6.54 Å².